The lowest BCUT2D eigenvalue weighted by Gasteiger charge is -2.27. The molecule has 1 rings (SSSR count). The van der Waals surface area contributed by atoms with Crippen LogP contribution in [0.3, 0.4) is 0 Å². The number of carbonyl (C=O) groups is 2. The van der Waals surface area contributed by atoms with E-state index in [4.69, 9.17) is 0 Å². The van der Waals surface area contributed by atoms with Crippen molar-refractivity contribution >= 4 is 17.5 Å². The molecule has 1 N–H and O–H groups in total. The normalized spacial score (nSPS) is 11.3. The molecule has 2 amide bonds. The third-order valence-corrected chi connectivity index (χ3v) is 3.88. The molecule has 0 aromatic heterocycles. The van der Waals surface area contributed by atoms with E-state index in [1.807, 2.05) is 58.8 Å². The SMILES string of the molecule is CC(C)C(C)(C)C(=O)NC(=O)c1cccc(N(C)C)c1. The van der Waals surface area contributed by atoms with Gasteiger partial charge in [-0.05, 0) is 24.1 Å². The number of anilines is 1. The minimum atomic E-state index is -0.575. The lowest BCUT2D eigenvalue weighted by molar-refractivity contribution is -0.130. The minimum Gasteiger partial charge on any atom is -0.378 e. The molecule has 0 aliphatic rings. The van der Waals surface area contributed by atoms with Gasteiger partial charge in [-0.3, -0.25) is 14.9 Å². The molecule has 20 heavy (non-hydrogen) atoms. The van der Waals surface area contributed by atoms with Gasteiger partial charge in [0.25, 0.3) is 5.91 Å². The van der Waals surface area contributed by atoms with Crippen molar-refractivity contribution in [3.8, 4) is 0 Å². The van der Waals surface area contributed by atoms with E-state index in [1.165, 1.54) is 0 Å². The summed E-state index contributed by atoms with van der Waals surface area (Å²) in [7, 11) is 3.81. The molecule has 0 bridgehead atoms. The van der Waals surface area contributed by atoms with Gasteiger partial charge in [-0.15, -0.1) is 0 Å². The first-order valence-electron chi connectivity index (χ1n) is 6.79. The quantitative estimate of drug-likeness (QED) is 0.920. The summed E-state index contributed by atoms with van der Waals surface area (Å²) < 4.78 is 0. The van der Waals surface area contributed by atoms with Gasteiger partial charge in [-0.25, -0.2) is 0 Å². The van der Waals surface area contributed by atoms with Crippen molar-refractivity contribution in [3.05, 3.63) is 29.8 Å². The number of hydrogen-bond acceptors (Lipinski definition) is 3. The fraction of sp³-hybridized carbons (Fsp3) is 0.500. The van der Waals surface area contributed by atoms with Gasteiger partial charge in [0.1, 0.15) is 0 Å². The summed E-state index contributed by atoms with van der Waals surface area (Å²) in [5, 5.41) is 2.49. The molecular formula is C16H24N2O2. The highest BCUT2D eigenvalue weighted by molar-refractivity contribution is 6.06. The third kappa shape index (κ3) is 3.59. The van der Waals surface area contributed by atoms with E-state index in [1.54, 1.807) is 12.1 Å². The predicted octanol–water partition coefficient (Wildman–Crippen LogP) is 2.69. The molecule has 110 valence electrons. The Morgan fingerprint density at radius 2 is 1.80 bits per heavy atom. The van der Waals surface area contributed by atoms with Gasteiger partial charge in [0.15, 0.2) is 0 Å². The van der Waals surface area contributed by atoms with Gasteiger partial charge in [0.05, 0.1) is 0 Å². The Kier molecular flexibility index (Phi) is 4.93. The summed E-state index contributed by atoms with van der Waals surface area (Å²) in [4.78, 5) is 26.2. The molecule has 0 saturated heterocycles. The van der Waals surface area contributed by atoms with E-state index < -0.39 is 5.41 Å². The molecular weight excluding hydrogens is 252 g/mol. The minimum absolute atomic E-state index is 0.156. The maximum atomic E-state index is 12.2. The smallest absolute Gasteiger partial charge is 0.257 e. The van der Waals surface area contributed by atoms with Crippen LogP contribution in [0.15, 0.2) is 24.3 Å². The molecule has 0 fully saturated rings. The third-order valence-electron chi connectivity index (χ3n) is 3.88. The van der Waals surface area contributed by atoms with Crippen molar-refractivity contribution in [1.82, 2.24) is 5.32 Å². The van der Waals surface area contributed by atoms with E-state index in [-0.39, 0.29) is 17.7 Å². The number of nitrogens with one attached hydrogen (secondary N) is 1. The Morgan fingerprint density at radius 3 is 2.30 bits per heavy atom. The molecule has 0 atom stereocenters. The second-order valence-electron chi connectivity index (χ2n) is 6.10. The van der Waals surface area contributed by atoms with Crippen LogP contribution in [0.2, 0.25) is 0 Å². The summed E-state index contributed by atoms with van der Waals surface area (Å²) in [5.74, 6) is -0.441. The largest absolute Gasteiger partial charge is 0.378 e. The van der Waals surface area contributed by atoms with Crippen molar-refractivity contribution in [2.24, 2.45) is 11.3 Å². The van der Waals surface area contributed by atoms with Crippen molar-refractivity contribution in [3.63, 3.8) is 0 Å². The number of hydrogen-bond donors (Lipinski definition) is 1. The van der Waals surface area contributed by atoms with E-state index >= 15 is 0 Å². The first-order chi connectivity index (χ1) is 9.16. The molecule has 0 spiro atoms. The summed E-state index contributed by atoms with van der Waals surface area (Å²) >= 11 is 0. The molecule has 1 aromatic rings. The topological polar surface area (TPSA) is 49.4 Å². The Balaban J connectivity index is 2.87. The molecule has 0 radical (unpaired) electrons. The molecule has 0 unspecified atom stereocenters. The second kappa shape index (κ2) is 6.07. The first kappa shape index (κ1) is 16.2. The van der Waals surface area contributed by atoms with Crippen LogP contribution in [0.1, 0.15) is 38.1 Å². The summed E-state index contributed by atoms with van der Waals surface area (Å²) in [5.41, 5.74) is 0.840. The van der Waals surface area contributed by atoms with Crippen LogP contribution >= 0.6 is 0 Å². The molecule has 1 aromatic carbocycles. The maximum absolute atomic E-state index is 12.2. The lowest BCUT2D eigenvalue weighted by Crippen LogP contribution is -2.43. The van der Waals surface area contributed by atoms with Crippen LogP contribution in [0.25, 0.3) is 0 Å². The Labute approximate surface area is 121 Å². The number of imide groups is 1. The zero-order chi connectivity index (χ0) is 15.5. The molecule has 4 heteroatoms. The Bertz CT molecular complexity index is 505. The summed E-state index contributed by atoms with van der Waals surface area (Å²) in [6.07, 6.45) is 0. The highest BCUT2D eigenvalue weighted by Crippen LogP contribution is 2.26. The van der Waals surface area contributed by atoms with Gasteiger partial charge < -0.3 is 4.90 Å². The van der Waals surface area contributed by atoms with Crippen LogP contribution in [0.5, 0.6) is 0 Å². The summed E-state index contributed by atoms with van der Waals surface area (Å²) in [6, 6.07) is 7.20. The lowest BCUT2D eigenvalue weighted by atomic mass is 9.80. The van der Waals surface area contributed by atoms with Gasteiger partial charge in [-0.2, -0.15) is 0 Å². The molecule has 0 aliphatic heterocycles. The number of amides is 2. The molecule has 0 heterocycles. The van der Waals surface area contributed by atoms with Gasteiger partial charge >= 0.3 is 0 Å². The average Bonchev–Trinajstić information content (AvgIpc) is 2.38. The number of benzene rings is 1. The van der Waals surface area contributed by atoms with Gasteiger partial charge in [0.2, 0.25) is 5.91 Å². The van der Waals surface area contributed by atoms with E-state index in [9.17, 15) is 9.59 Å². The van der Waals surface area contributed by atoms with Gasteiger partial charge in [-0.1, -0.05) is 33.8 Å². The highest BCUT2D eigenvalue weighted by atomic mass is 16.2. The maximum Gasteiger partial charge on any atom is 0.257 e. The zero-order valence-corrected chi connectivity index (χ0v) is 13.2. The van der Waals surface area contributed by atoms with E-state index in [2.05, 4.69) is 5.32 Å². The Hall–Kier alpha value is -1.84. The van der Waals surface area contributed by atoms with E-state index in [0.717, 1.165) is 5.69 Å². The molecule has 0 aliphatic carbocycles. The fourth-order valence-corrected chi connectivity index (χ4v) is 1.52. The Morgan fingerprint density at radius 1 is 1.20 bits per heavy atom. The summed E-state index contributed by atoms with van der Waals surface area (Å²) in [6.45, 7) is 7.63. The van der Waals surface area contributed by atoms with Gasteiger partial charge in [0, 0.05) is 30.8 Å². The average molecular weight is 276 g/mol. The zero-order valence-electron chi connectivity index (χ0n) is 13.2. The molecule has 0 saturated carbocycles. The number of carbonyl (C=O) groups excluding carboxylic acids is 2. The standard InChI is InChI=1S/C16H24N2O2/c1-11(2)16(3,4)15(20)17-14(19)12-8-7-9-13(10-12)18(5)6/h7-11H,1-6H3,(H,17,19,20). The van der Waals surface area contributed by atoms with Crippen molar-refractivity contribution in [2.75, 3.05) is 19.0 Å². The molecule has 4 nitrogen and oxygen atoms in total. The second-order valence-corrected chi connectivity index (χ2v) is 6.10. The van der Waals surface area contributed by atoms with Crippen molar-refractivity contribution in [1.29, 1.82) is 0 Å². The first-order valence-corrected chi connectivity index (χ1v) is 6.79. The fourth-order valence-electron chi connectivity index (χ4n) is 1.52. The number of nitrogens with zero attached hydrogens (tertiary/aromatic N) is 1. The van der Waals surface area contributed by atoms with E-state index in [0.29, 0.717) is 5.56 Å². The highest BCUT2D eigenvalue weighted by Gasteiger charge is 2.32. The predicted molar refractivity (Wildman–Crippen MR) is 81.9 cm³/mol. The van der Waals surface area contributed by atoms with Crippen LogP contribution < -0.4 is 10.2 Å². The van der Waals surface area contributed by atoms with Crippen LogP contribution in [0, 0.1) is 11.3 Å². The number of rotatable bonds is 4. The van der Waals surface area contributed by atoms with Crippen LogP contribution in [-0.4, -0.2) is 25.9 Å². The van der Waals surface area contributed by atoms with Crippen LogP contribution in [0.4, 0.5) is 5.69 Å². The van der Waals surface area contributed by atoms with Crippen LogP contribution in [-0.2, 0) is 4.79 Å². The monoisotopic (exact) mass is 276 g/mol. The van der Waals surface area contributed by atoms with Crippen molar-refractivity contribution < 1.29 is 9.59 Å². The van der Waals surface area contributed by atoms with Crippen molar-refractivity contribution in [2.45, 2.75) is 27.7 Å².